The predicted octanol–water partition coefficient (Wildman–Crippen LogP) is 3.43. The van der Waals surface area contributed by atoms with Gasteiger partial charge in [-0.15, -0.1) is 0 Å². The molecular formula is C17H12N2O4. The van der Waals surface area contributed by atoms with Gasteiger partial charge in [0.25, 0.3) is 5.91 Å². The molecule has 0 radical (unpaired) electrons. The normalized spacial score (nSPS) is 11.2. The van der Waals surface area contributed by atoms with Gasteiger partial charge < -0.3 is 14.2 Å². The van der Waals surface area contributed by atoms with Gasteiger partial charge in [0.05, 0.1) is 5.52 Å². The Morgan fingerprint density at radius 3 is 2.74 bits per heavy atom. The first kappa shape index (κ1) is 13.4. The molecule has 23 heavy (non-hydrogen) atoms. The van der Waals surface area contributed by atoms with Crippen LogP contribution in [0, 0.1) is 6.92 Å². The van der Waals surface area contributed by atoms with Crippen LogP contribution in [0.25, 0.3) is 22.1 Å². The number of carbonyl (C=O) groups is 1. The van der Waals surface area contributed by atoms with Crippen LogP contribution in [0.2, 0.25) is 0 Å². The van der Waals surface area contributed by atoms with E-state index in [-0.39, 0.29) is 11.7 Å². The van der Waals surface area contributed by atoms with Crippen molar-refractivity contribution >= 4 is 33.7 Å². The number of carbonyl (C=O) groups excluding carboxylic acids is 1. The zero-order chi connectivity index (χ0) is 16.0. The Morgan fingerprint density at radius 2 is 1.91 bits per heavy atom. The number of H-pyrrole nitrogens is 1. The summed E-state index contributed by atoms with van der Waals surface area (Å²) in [6.45, 7) is 1.84. The summed E-state index contributed by atoms with van der Waals surface area (Å²) in [5, 5.41) is 3.67. The summed E-state index contributed by atoms with van der Waals surface area (Å²) in [4.78, 5) is 26.2. The second-order valence-corrected chi connectivity index (χ2v) is 5.23. The average molecular weight is 308 g/mol. The topological polar surface area (TPSA) is 88.2 Å². The number of aromatic amines is 1. The fourth-order valence-electron chi connectivity index (χ4n) is 2.61. The lowest BCUT2D eigenvalue weighted by molar-refractivity contribution is 0.0998. The lowest BCUT2D eigenvalue weighted by atomic mass is 10.1. The van der Waals surface area contributed by atoms with Crippen molar-refractivity contribution in [2.45, 2.75) is 6.92 Å². The Balaban J connectivity index is 1.69. The Morgan fingerprint density at radius 1 is 1.09 bits per heavy atom. The minimum atomic E-state index is -0.531. The third-order valence-corrected chi connectivity index (χ3v) is 3.73. The smallest absolute Gasteiger partial charge is 0.417 e. The monoisotopic (exact) mass is 308 g/mol. The maximum atomic E-state index is 12.4. The highest BCUT2D eigenvalue weighted by atomic mass is 16.4. The van der Waals surface area contributed by atoms with Crippen LogP contribution in [0.15, 0.2) is 56.1 Å². The Hall–Kier alpha value is -3.28. The summed E-state index contributed by atoms with van der Waals surface area (Å²) in [5.74, 6) is -0.604. The van der Waals surface area contributed by atoms with E-state index in [1.165, 1.54) is 0 Å². The van der Waals surface area contributed by atoms with Gasteiger partial charge in [-0.05, 0) is 31.2 Å². The third-order valence-electron chi connectivity index (χ3n) is 3.73. The number of anilines is 1. The molecule has 0 bridgehead atoms. The molecule has 114 valence electrons. The molecule has 0 saturated heterocycles. The van der Waals surface area contributed by atoms with Gasteiger partial charge in [-0.2, -0.15) is 0 Å². The zero-order valence-electron chi connectivity index (χ0n) is 12.2. The first-order valence-corrected chi connectivity index (χ1v) is 7.04. The molecule has 1 amide bonds. The lowest BCUT2D eigenvalue weighted by Gasteiger charge is -2.03. The summed E-state index contributed by atoms with van der Waals surface area (Å²) in [7, 11) is 0. The van der Waals surface area contributed by atoms with Crippen molar-refractivity contribution in [2.24, 2.45) is 0 Å². The van der Waals surface area contributed by atoms with E-state index in [2.05, 4.69) is 10.3 Å². The largest absolute Gasteiger partial charge is 0.451 e. The Bertz CT molecular complexity index is 1100. The van der Waals surface area contributed by atoms with Crippen molar-refractivity contribution in [3.63, 3.8) is 0 Å². The van der Waals surface area contributed by atoms with Crippen LogP contribution in [-0.2, 0) is 0 Å². The van der Waals surface area contributed by atoms with Crippen LogP contribution in [0.3, 0.4) is 0 Å². The fraction of sp³-hybridized carbons (Fsp3) is 0.0588. The molecule has 0 spiro atoms. The lowest BCUT2D eigenvalue weighted by Crippen LogP contribution is -2.12. The number of nitrogens with one attached hydrogen (secondary N) is 2. The molecule has 0 fully saturated rings. The van der Waals surface area contributed by atoms with Crippen LogP contribution in [-0.4, -0.2) is 10.9 Å². The summed E-state index contributed by atoms with van der Waals surface area (Å²) < 4.78 is 10.6. The summed E-state index contributed by atoms with van der Waals surface area (Å²) in [6, 6.07) is 12.4. The number of rotatable bonds is 2. The molecular weight excluding hydrogens is 296 g/mol. The highest BCUT2D eigenvalue weighted by Gasteiger charge is 2.17. The van der Waals surface area contributed by atoms with Gasteiger partial charge >= 0.3 is 5.76 Å². The van der Waals surface area contributed by atoms with E-state index in [1.807, 2.05) is 31.2 Å². The minimum Gasteiger partial charge on any atom is -0.451 e. The average Bonchev–Trinajstić information content (AvgIpc) is 3.07. The number of aryl methyl sites for hydroxylation is 1. The molecule has 2 N–H and O–H groups in total. The standard InChI is InChI=1S/C17H12N2O4/c1-9-11-4-2-3-5-13(11)22-15(9)16(20)18-10-6-7-14-12(8-10)19-17(21)23-14/h2-8H,1H3,(H,18,20)(H,19,21). The molecule has 0 aliphatic rings. The van der Waals surface area contributed by atoms with Crippen LogP contribution >= 0.6 is 0 Å². The van der Waals surface area contributed by atoms with Crippen molar-refractivity contribution in [3.8, 4) is 0 Å². The van der Waals surface area contributed by atoms with E-state index in [0.29, 0.717) is 22.4 Å². The van der Waals surface area contributed by atoms with E-state index in [9.17, 15) is 9.59 Å². The Labute approximate surface area is 129 Å². The van der Waals surface area contributed by atoms with Gasteiger partial charge in [0.1, 0.15) is 5.58 Å². The third kappa shape index (κ3) is 2.20. The molecule has 0 unspecified atom stereocenters. The van der Waals surface area contributed by atoms with Gasteiger partial charge in [-0.25, -0.2) is 4.79 Å². The molecule has 0 saturated carbocycles. The van der Waals surface area contributed by atoms with Crippen molar-refractivity contribution in [2.75, 3.05) is 5.32 Å². The molecule has 6 nitrogen and oxygen atoms in total. The van der Waals surface area contributed by atoms with Crippen LogP contribution in [0.1, 0.15) is 16.1 Å². The van der Waals surface area contributed by atoms with E-state index < -0.39 is 5.76 Å². The van der Waals surface area contributed by atoms with Crippen molar-refractivity contribution in [1.29, 1.82) is 0 Å². The molecule has 2 aromatic carbocycles. The predicted molar refractivity (Wildman–Crippen MR) is 85.7 cm³/mol. The van der Waals surface area contributed by atoms with Gasteiger partial charge in [-0.1, -0.05) is 18.2 Å². The van der Waals surface area contributed by atoms with Crippen LogP contribution in [0.4, 0.5) is 5.69 Å². The number of oxazole rings is 1. The molecule has 2 heterocycles. The van der Waals surface area contributed by atoms with Gasteiger partial charge in [-0.3, -0.25) is 9.78 Å². The van der Waals surface area contributed by atoms with Crippen molar-refractivity contribution in [3.05, 3.63) is 64.3 Å². The number of hydrogen-bond donors (Lipinski definition) is 2. The van der Waals surface area contributed by atoms with Crippen molar-refractivity contribution < 1.29 is 13.6 Å². The van der Waals surface area contributed by atoms with Gasteiger partial charge in [0.2, 0.25) is 0 Å². The second kappa shape index (κ2) is 4.88. The first-order chi connectivity index (χ1) is 11.1. The first-order valence-electron chi connectivity index (χ1n) is 7.04. The summed E-state index contributed by atoms with van der Waals surface area (Å²) in [6.07, 6.45) is 0. The zero-order valence-corrected chi connectivity index (χ0v) is 12.2. The maximum absolute atomic E-state index is 12.4. The number of furan rings is 1. The number of hydrogen-bond acceptors (Lipinski definition) is 4. The summed E-state index contributed by atoms with van der Waals surface area (Å²) in [5.41, 5.74) is 2.96. The number of para-hydroxylation sites is 1. The van der Waals surface area contributed by atoms with Crippen LogP contribution < -0.4 is 11.1 Å². The molecule has 0 aliphatic carbocycles. The fourth-order valence-corrected chi connectivity index (χ4v) is 2.61. The minimum absolute atomic E-state index is 0.270. The molecule has 0 atom stereocenters. The van der Waals surface area contributed by atoms with E-state index >= 15 is 0 Å². The maximum Gasteiger partial charge on any atom is 0.417 e. The Kier molecular flexibility index (Phi) is 2.84. The second-order valence-electron chi connectivity index (χ2n) is 5.23. The van der Waals surface area contributed by atoms with E-state index in [0.717, 1.165) is 10.9 Å². The van der Waals surface area contributed by atoms with Crippen molar-refractivity contribution in [1.82, 2.24) is 4.98 Å². The van der Waals surface area contributed by atoms with Gasteiger partial charge in [0.15, 0.2) is 11.3 Å². The summed E-state index contributed by atoms with van der Waals surface area (Å²) >= 11 is 0. The highest BCUT2D eigenvalue weighted by Crippen LogP contribution is 2.26. The number of aromatic nitrogens is 1. The van der Waals surface area contributed by atoms with Crippen LogP contribution in [0.5, 0.6) is 0 Å². The number of benzene rings is 2. The van der Waals surface area contributed by atoms with E-state index in [4.69, 9.17) is 8.83 Å². The quantitative estimate of drug-likeness (QED) is 0.594. The number of amides is 1. The molecule has 6 heteroatoms. The SMILES string of the molecule is Cc1c(C(=O)Nc2ccc3oc(=O)[nH]c3c2)oc2ccccc12. The number of fused-ring (bicyclic) bond motifs is 2. The molecule has 4 rings (SSSR count). The highest BCUT2D eigenvalue weighted by molar-refractivity contribution is 6.06. The molecule has 2 aromatic heterocycles. The van der Waals surface area contributed by atoms with Gasteiger partial charge in [0, 0.05) is 16.6 Å². The molecule has 0 aliphatic heterocycles. The van der Waals surface area contributed by atoms with E-state index in [1.54, 1.807) is 18.2 Å². The molecule has 4 aromatic rings.